The van der Waals surface area contributed by atoms with E-state index < -0.39 is 22.0 Å². The zero-order valence-corrected chi connectivity index (χ0v) is 16.9. The van der Waals surface area contributed by atoms with E-state index >= 15 is 0 Å². The summed E-state index contributed by atoms with van der Waals surface area (Å²) >= 11 is 0. The zero-order valence-electron chi connectivity index (χ0n) is 16.1. The van der Waals surface area contributed by atoms with Crippen LogP contribution < -0.4 is 15.8 Å². The lowest BCUT2D eigenvalue weighted by molar-refractivity contribution is -0.127. The van der Waals surface area contributed by atoms with Crippen LogP contribution in [0, 0.1) is 12.8 Å². The fraction of sp³-hybridized carbons (Fsp3) is 0.300. The van der Waals surface area contributed by atoms with Gasteiger partial charge in [-0.05, 0) is 36.1 Å². The minimum absolute atomic E-state index is 0.0644. The number of aryl methyl sites for hydroxylation is 1. The van der Waals surface area contributed by atoms with Gasteiger partial charge in [0.2, 0.25) is 15.9 Å². The number of anilines is 1. The molecule has 0 saturated heterocycles. The van der Waals surface area contributed by atoms with Crippen molar-refractivity contribution in [1.29, 1.82) is 0 Å². The fourth-order valence-electron chi connectivity index (χ4n) is 2.74. The molecule has 2 amide bonds. The molecule has 8 heteroatoms. The van der Waals surface area contributed by atoms with Crippen LogP contribution in [0.5, 0.6) is 0 Å². The summed E-state index contributed by atoms with van der Waals surface area (Å²) in [6.45, 7) is 5.45. The Hall–Kier alpha value is -2.71. The average Bonchev–Trinajstić information content (AvgIpc) is 2.60. The minimum Gasteiger partial charge on any atom is -0.341 e. The highest BCUT2D eigenvalue weighted by molar-refractivity contribution is 7.89. The molecule has 150 valence electrons. The molecule has 0 heterocycles. The zero-order chi connectivity index (χ0) is 20.9. The Morgan fingerprint density at radius 1 is 1.07 bits per heavy atom. The van der Waals surface area contributed by atoms with Crippen LogP contribution >= 0.6 is 0 Å². The quantitative estimate of drug-likeness (QED) is 0.658. The van der Waals surface area contributed by atoms with Crippen LogP contribution in [0.4, 0.5) is 5.69 Å². The van der Waals surface area contributed by atoms with Crippen molar-refractivity contribution >= 4 is 27.5 Å². The van der Waals surface area contributed by atoms with E-state index in [0.717, 1.165) is 0 Å². The molecule has 0 bridgehead atoms. The first-order valence-corrected chi connectivity index (χ1v) is 10.4. The second-order valence-electron chi connectivity index (χ2n) is 7.02. The maximum absolute atomic E-state index is 12.9. The first kappa shape index (κ1) is 21.6. The van der Waals surface area contributed by atoms with Crippen molar-refractivity contribution in [2.45, 2.75) is 38.1 Å². The molecule has 7 nitrogen and oxygen atoms in total. The van der Waals surface area contributed by atoms with E-state index in [1.54, 1.807) is 43.3 Å². The Kier molecular flexibility index (Phi) is 6.93. The van der Waals surface area contributed by atoms with E-state index in [4.69, 9.17) is 5.14 Å². The summed E-state index contributed by atoms with van der Waals surface area (Å²) in [6.07, 6.45) is 0.288. The Labute approximate surface area is 165 Å². The lowest BCUT2D eigenvalue weighted by Crippen LogP contribution is -2.37. The molecule has 0 aliphatic heterocycles. The van der Waals surface area contributed by atoms with E-state index in [9.17, 15) is 18.0 Å². The van der Waals surface area contributed by atoms with Crippen molar-refractivity contribution in [2.24, 2.45) is 11.1 Å². The lowest BCUT2D eigenvalue weighted by atomic mass is 10.0. The molecule has 2 aromatic carbocycles. The Morgan fingerprint density at radius 3 is 2.29 bits per heavy atom. The monoisotopic (exact) mass is 403 g/mol. The number of sulfonamides is 1. The smallest absolute Gasteiger partial charge is 0.251 e. The summed E-state index contributed by atoms with van der Waals surface area (Å²) < 4.78 is 23.4. The first-order valence-electron chi connectivity index (χ1n) is 8.86. The predicted octanol–water partition coefficient (Wildman–Crippen LogP) is 2.48. The molecule has 1 atom stereocenters. The molecule has 0 aromatic heterocycles. The van der Waals surface area contributed by atoms with Gasteiger partial charge < -0.3 is 10.6 Å². The van der Waals surface area contributed by atoms with Gasteiger partial charge in [-0.3, -0.25) is 9.59 Å². The molecule has 28 heavy (non-hydrogen) atoms. The molecule has 0 saturated carbocycles. The highest BCUT2D eigenvalue weighted by atomic mass is 32.2. The van der Waals surface area contributed by atoms with Crippen LogP contribution in [0.15, 0.2) is 53.4 Å². The third-order valence-corrected chi connectivity index (χ3v) is 5.11. The molecule has 2 aromatic rings. The fourth-order valence-corrected chi connectivity index (χ4v) is 3.54. The third kappa shape index (κ3) is 5.90. The maximum Gasteiger partial charge on any atom is 0.251 e. The largest absolute Gasteiger partial charge is 0.341 e. The summed E-state index contributed by atoms with van der Waals surface area (Å²) in [5.41, 5.74) is 1.37. The Bertz CT molecular complexity index is 957. The normalized spacial score (nSPS) is 12.5. The Morgan fingerprint density at radius 2 is 1.71 bits per heavy atom. The molecule has 0 radical (unpaired) electrons. The highest BCUT2D eigenvalue weighted by Gasteiger charge is 2.23. The summed E-state index contributed by atoms with van der Waals surface area (Å²) in [6, 6.07) is 12.4. The summed E-state index contributed by atoms with van der Waals surface area (Å²) in [5.74, 6) is -0.574. The van der Waals surface area contributed by atoms with Crippen molar-refractivity contribution in [3.63, 3.8) is 0 Å². The average molecular weight is 404 g/mol. The van der Waals surface area contributed by atoms with E-state index in [1.807, 2.05) is 19.9 Å². The second kappa shape index (κ2) is 8.99. The van der Waals surface area contributed by atoms with Crippen LogP contribution in [-0.4, -0.2) is 20.2 Å². The molecular weight excluding hydrogens is 378 g/mol. The number of amides is 2. The van der Waals surface area contributed by atoms with E-state index in [1.165, 1.54) is 6.07 Å². The minimum atomic E-state index is -3.92. The summed E-state index contributed by atoms with van der Waals surface area (Å²) in [7, 11) is -3.92. The van der Waals surface area contributed by atoms with Gasteiger partial charge in [-0.1, -0.05) is 50.2 Å². The highest BCUT2D eigenvalue weighted by Crippen LogP contribution is 2.21. The maximum atomic E-state index is 12.9. The number of primary sulfonamides is 1. The first-order chi connectivity index (χ1) is 13.1. The van der Waals surface area contributed by atoms with Crippen LogP contribution in [0.1, 0.15) is 37.4 Å². The number of hydrogen-bond acceptors (Lipinski definition) is 4. The van der Waals surface area contributed by atoms with Gasteiger partial charge in [0.05, 0.1) is 4.90 Å². The van der Waals surface area contributed by atoms with Gasteiger partial charge in [0, 0.05) is 12.1 Å². The van der Waals surface area contributed by atoms with Gasteiger partial charge in [0.15, 0.2) is 0 Å². The molecular formula is C20H25N3O4S. The lowest BCUT2D eigenvalue weighted by Gasteiger charge is -2.20. The molecule has 0 spiro atoms. The Balaban J connectivity index is 2.29. The third-order valence-electron chi connectivity index (χ3n) is 4.06. The predicted molar refractivity (Wildman–Crippen MR) is 108 cm³/mol. The number of carbonyl (C=O) groups excluding carboxylic acids is 2. The van der Waals surface area contributed by atoms with Gasteiger partial charge in [-0.2, -0.15) is 0 Å². The van der Waals surface area contributed by atoms with E-state index in [-0.39, 0.29) is 28.8 Å². The topological polar surface area (TPSA) is 118 Å². The van der Waals surface area contributed by atoms with Crippen molar-refractivity contribution in [2.75, 3.05) is 5.32 Å². The van der Waals surface area contributed by atoms with Crippen molar-refractivity contribution < 1.29 is 18.0 Å². The number of nitrogens with two attached hydrogens (primary N) is 1. The number of hydrogen-bond donors (Lipinski definition) is 3. The van der Waals surface area contributed by atoms with Crippen LogP contribution in [-0.2, 0) is 19.6 Å². The van der Waals surface area contributed by atoms with Crippen molar-refractivity contribution in [3.05, 3.63) is 59.7 Å². The van der Waals surface area contributed by atoms with Gasteiger partial charge in [0.1, 0.15) is 6.04 Å². The van der Waals surface area contributed by atoms with Crippen LogP contribution in [0.2, 0.25) is 0 Å². The second-order valence-corrected chi connectivity index (χ2v) is 8.55. The number of carbonyl (C=O) groups is 2. The van der Waals surface area contributed by atoms with Crippen molar-refractivity contribution in [1.82, 2.24) is 5.32 Å². The number of nitrogens with one attached hydrogen (secondary N) is 2. The van der Waals surface area contributed by atoms with E-state index in [0.29, 0.717) is 11.1 Å². The van der Waals surface area contributed by atoms with E-state index in [2.05, 4.69) is 10.6 Å². The molecule has 4 N–H and O–H groups in total. The number of rotatable bonds is 7. The summed E-state index contributed by atoms with van der Waals surface area (Å²) in [4.78, 5) is 25.0. The van der Waals surface area contributed by atoms with Gasteiger partial charge >= 0.3 is 0 Å². The van der Waals surface area contributed by atoms with Crippen molar-refractivity contribution in [3.8, 4) is 0 Å². The molecule has 0 aliphatic carbocycles. The number of benzene rings is 2. The van der Waals surface area contributed by atoms with Crippen LogP contribution in [0.3, 0.4) is 0 Å². The molecule has 0 fully saturated rings. The van der Waals surface area contributed by atoms with Gasteiger partial charge in [-0.25, -0.2) is 13.6 Å². The van der Waals surface area contributed by atoms with Gasteiger partial charge in [0.25, 0.3) is 5.91 Å². The van der Waals surface area contributed by atoms with Gasteiger partial charge in [-0.15, -0.1) is 0 Å². The molecule has 0 aliphatic rings. The standard InChI is InChI=1S/C20H25N3O4S/c1-13(2)11-18(24)23-19(15-7-5-4-6-8-15)20(25)22-16-10-9-14(3)17(12-16)28(21,26)27/h4-10,12-13,19H,11H2,1-3H3,(H,22,25)(H,23,24)(H2,21,26,27). The molecule has 1 unspecified atom stereocenters. The van der Waals surface area contributed by atoms with Crippen LogP contribution in [0.25, 0.3) is 0 Å². The molecule has 2 rings (SSSR count). The summed E-state index contributed by atoms with van der Waals surface area (Å²) in [5, 5.41) is 10.6. The SMILES string of the molecule is Cc1ccc(NC(=O)C(NC(=O)CC(C)C)c2ccccc2)cc1S(N)(=O)=O.